The maximum atomic E-state index is 12.3. The molecule has 0 aliphatic heterocycles. The van der Waals surface area contributed by atoms with Gasteiger partial charge in [-0.3, -0.25) is 9.78 Å². The zero-order valence-corrected chi connectivity index (χ0v) is 16.2. The average molecular weight is 430 g/mol. The van der Waals surface area contributed by atoms with Gasteiger partial charge in [0.25, 0.3) is 5.91 Å². The second-order valence-corrected chi connectivity index (χ2v) is 7.09. The van der Waals surface area contributed by atoms with Gasteiger partial charge in [0.05, 0.1) is 29.3 Å². The van der Waals surface area contributed by atoms with Gasteiger partial charge >= 0.3 is 0 Å². The average Bonchev–Trinajstić information content (AvgIpc) is 2.71. The third-order valence-corrected chi connectivity index (χ3v) is 5.10. The van der Waals surface area contributed by atoms with Crippen LogP contribution in [0.15, 0.2) is 59.2 Å². The molecule has 1 N–H and O–H groups in total. The van der Waals surface area contributed by atoms with Crippen molar-refractivity contribution < 1.29 is 4.79 Å². The lowest BCUT2D eigenvalue weighted by Crippen LogP contribution is -2.14. The Kier molecular flexibility index (Phi) is 5.29. The van der Waals surface area contributed by atoms with Crippen molar-refractivity contribution in [2.24, 2.45) is 0 Å². The molecule has 0 aliphatic rings. The summed E-state index contributed by atoms with van der Waals surface area (Å²) < 4.78 is 0. The van der Waals surface area contributed by atoms with Crippen LogP contribution in [0.2, 0.25) is 10.2 Å². The summed E-state index contributed by atoms with van der Waals surface area (Å²) >= 11 is 13.5. The molecule has 1 amide bonds. The molecule has 1 aromatic carbocycles. The number of hydrogen-bond donors (Lipinski definition) is 1. The number of hydrogen-bond acceptors (Lipinski definition) is 8. The molecule has 138 valence electrons. The van der Waals surface area contributed by atoms with E-state index in [9.17, 15) is 4.79 Å². The van der Waals surface area contributed by atoms with Crippen LogP contribution in [-0.4, -0.2) is 35.8 Å². The second-order valence-electron chi connectivity index (χ2n) is 5.32. The van der Waals surface area contributed by atoms with Crippen molar-refractivity contribution in [2.75, 3.05) is 5.32 Å². The summed E-state index contributed by atoms with van der Waals surface area (Å²) in [6.07, 6.45) is 7.26. The second kappa shape index (κ2) is 8.01. The third kappa shape index (κ3) is 4.01. The van der Waals surface area contributed by atoms with Gasteiger partial charge in [-0.25, -0.2) is 24.9 Å². The number of nitrogens with zero attached hydrogens (tertiary/aromatic N) is 6. The molecular weight excluding hydrogens is 421 g/mol. The highest BCUT2D eigenvalue weighted by Gasteiger charge is 2.14. The first-order valence-corrected chi connectivity index (χ1v) is 9.36. The first kappa shape index (κ1) is 18.5. The molecule has 3 aromatic heterocycles. The van der Waals surface area contributed by atoms with Crippen LogP contribution in [0.1, 0.15) is 10.5 Å². The molecule has 0 aliphatic carbocycles. The highest BCUT2D eigenvalue weighted by Crippen LogP contribution is 2.36. The summed E-state index contributed by atoms with van der Waals surface area (Å²) in [5, 5.41) is 3.78. The van der Waals surface area contributed by atoms with E-state index >= 15 is 0 Å². The maximum absolute atomic E-state index is 12.3. The molecule has 8 nitrogen and oxygen atoms in total. The van der Waals surface area contributed by atoms with E-state index in [2.05, 4.69) is 35.2 Å². The molecule has 3 heterocycles. The first-order valence-electron chi connectivity index (χ1n) is 7.79. The molecular formula is C17H9Cl2N7OS. The summed E-state index contributed by atoms with van der Waals surface area (Å²) in [5.41, 5.74) is 1.54. The number of halogens is 2. The minimum absolute atomic E-state index is 0.187. The molecule has 0 fully saturated rings. The van der Waals surface area contributed by atoms with Gasteiger partial charge < -0.3 is 5.32 Å². The van der Waals surface area contributed by atoms with Crippen molar-refractivity contribution in [3.8, 4) is 0 Å². The van der Waals surface area contributed by atoms with E-state index in [-0.39, 0.29) is 10.8 Å². The molecule has 0 saturated carbocycles. The summed E-state index contributed by atoms with van der Waals surface area (Å²) in [7, 11) is 0. The van der Waals surface area contributed by atoms with Gasteiger partial charge in [0.1, 0.15) is 16.4 Å². The van der Waals surface area contributed by atoms with Crippen LogP contribution in [0.25, 0.3) is 11.2 Å². The van der Waals surface area contributed by atoms with Gasteiger partial charge in [0.2, 0.25) is 0 Å². The van der Waals surface area contributed by atoms with Gasteiger partial charge in [-0.1, -0.05) is 29.3 Å². The molecule has 4 aromatic rings. The topological polar surface area (TPSA) is 106 Å². The van der Waals surface area contributed by atoms with Crippen molar-refractivity contribution in [2.45, 2.75) is 10.1 Å². The van der Waals surface area contributed by atoms with E-state index in [1.165, 1.54) is 42.7 Å². The number of carbonyl (C=O) groups is 1. The lowest BCUT2D eigenvalue weighted by Gasteiger charge is -2.10. The van der Waals surface area contributed by atoms with E-state index in [1.54, 1.807) is 18.2 Å². The number of fused-ring (bicyclic) bond motifs is 1. The summed E-state index contributed by atoms with van der Waals surface area (Å²) in [6, 6.07) is 5.25. The standard InChI is InChI=1S/C17H9Cl2N7OS/c18-13-8-22-15-10(24-13)7-23-17(26-15)28-12-3-1-2-9(14(12)19)25-16(27)11-6-20-4-5-21-11/h1-8H,(H,25,27). The number of aromatic nitrogens is 6. The highest BCUT2D eigenvalue weighted by atomic mass is 35.5. The van der Waals surface area contributed by atoms with E-state index in [4.69, 9.17) is 23.2 Å². The van der Waals surface area contributed by atoms with E-state index < -0.39 is 5.91 Å². The van der Waals surface area contributed by atoms with Crippen LogP contribution < -0.4 is 5.32 Å². The lowest BCUT2D eigenvalue weighted by atomic mass is 10.3. The van der Waals surface area contributed by atoms with E-state index in [1.807, 2.05) is 0 Å². The molecule has 0 radical (unpaired) electrons. The van der Waals surface area contributed by atoms with Gasteiger partial charge in [0.15, 0.2) is 10.8 Å². The Morgan fingerprint density at radius 2 is 1.89 bits per heavy atom. The summed E-state index contributed by atoms with van der Waals surface area (Å²) in [6.45, 7) is 0. The Bertz CT molecular complexity index is 1180. The highest BCUT2D eigenvalue weighted by molar-refractivity contribution is 7.99. The van der Waals surface area contributed by atoms with Crippen molar-refractivity contribution in [3.63, 3.8) is 0 Å². The quantitative estimate of drug-likeness (QED) is 0.486. The number of nitrogens with one attached hydrogen (secondary N) is 1. The Morgan fingerprint density at radius 1 is 1.00 bits per heavy atom. The molecule has 4 rings (SSSR count). The zero-order valence-electron chi connectivity index (χ0n) is 13.9. The van der Waals surface area contributed by atoms with Gasteiger partial charge in [-0.2, -0.15) is 0 Å². The van der Waals surface area contributed by atoms with Gasteiger partial charge in [-0.15, -0.1) is 0 Å². The minimum atomic E-state index is -0.411. The predicted molar refractivity (Wildman–Crippen MR) is 106 cm³/mol. The Morgan fingerprint density at radius 3 is 2.71 bits per heavy atom. The fourth-order valence-electron chi connectivity index (χ4n) is 2.22. The maximum Gasteiger partial charge on any atom is 0.275 e. The van der Waals surface area contributed by atoms with Crippen molar-refractivity contribution in [1.82, 2.24) is 29.9 Å². The smallest absolute Gasteiger partial charge is 0.275 e. The van der Waals surface area contributed by atoms with Crippen LogP contribution in [0.5, 0.6) is 0 Å². The van der Waals surface area contributed by atoms with Crippen LogP contribution in [0.3, 0.4) is 0 Å². The molecule has 0 unspecified atom stereocenters. The monoisotopic (exact) mass is 429 g/mol. The first-order chi connectivity index (χ1) is 13.6. The summed E-state index contributed by atoms with van der Waals surface area (Å²) in [5.74, 6) is -0.411. The van der Waals surface area contributed by atoms with E-state index in [0.717, 1.165) is 0 Å². The largest absolute Gasteiger partial charge is 0.319 e. The fraction of sp³-hybridized carbons (Fsp3) is 0. The lowest BCUT2D eigenvalue weighted by molar-refractivity contribution is 0.102. The molecule has 28 heavy (non-hydrogen) atoms. The molecule has 0 saturated heterocycles. The van der Waals surface area contributed by atoms with Crippen LogP contribution in [0, 0.1) is 0 Å². The number of amides is 1. The molecule has 0 spiro atoms. The van der Waals surface area contributed by atoms with Crippen molar-refractivity contribution in [3.05, 3.63) is 65.1 Å². The predicted octanol–water partition coefficient (Wildman–Crippen LogP) is 3.92. The molecule has 11 heteroatoms. The molecule has 0 bridgehead atoms. The number of carbonyl (C=O) groups excluding carboxylic acids is 1. The van der Waals surface area contributed by atoms with Crippen LogP contribution in [0.4, 0.5) is 5.69 Å². The summed E-state index contributed by atoms with van der Waals surface area (Å²) in [4.78, 5) is 37.6. The molecule has 0 atom stereocenters. The zero-order chi connectivity index (χ0) is 19.5. The number of benzene rings is 1. The minimum Gasteiger partial charge on any atom is -0.319 e. The SMILES string of the molecule is O=C(Nc1cccc(Sc2ncc3nc(Cl)cnc3n2)c1Cl)c1cnccn1. The van der Waals surface area contributed by atoms with E-state index in [0.29, 0.717) is 31.9 Å². The normalized spacial score (nSPS) is 10.8. The number of rotatable bonds is 4. The van der Waals surface area contributed by atoms with Gasteiger partial charge in [0, 0.05) is 17.3 Å². The van der Waals surface area contributed by atoms with Gasteiger partial charge in [-0.05, 0) is 23.9 Å². The van der Waals surface area contributed by atoms with Crippen LogP contribution >= 0.6 is 35.0 Å². The van der Waals surface area contributed by atoms with Crippen LogP contribution in [-0.2, 0) is 0 Å². The van der Waals surface area contributed by atoms with Crippen molar-refractivity contribution >= 4 is 57.7 Å². The third-order valence-electron chi connectivity index (χ3n) is 3.46. The fourth-order valence-corrected chi connectivity index (χ4v) is 3.43. The number of anilines is 1. The Balaban J connectivity index is 1.58. The Hall–Kier alpha value is -2.88. The Labute approximate surface area is 172 Å². The van der Waals surface area contributed by atoms with Crippen molar-refractivity contribution in [1.29, 1.82) is 0 Å².